The van der Waals surface area contributed by atoms with E-state index in [4.69, 9.17) is 0 Å². The quantitative estimate of drug-likeness (QED) is 0.764. The summed E-state index contributed by atoms with van der Waals surface area (Å²) in [6.45, 7) is 9.32. The molecule has 0 bridgehead atoms. The van der Waals surface area contributed by atoms with Crippen LogP contribution in [0.2, 0.25) is 0 Å². The Kier molecular flexibility index (Phi) is 3.74. The molecule has 2 unspecified atom stereocenters. The smallest absolute Gasteiger partial charge is 0.231 e. The molecule has 3 nitrogen and oxygen atoms in total. The van der Waals surface area contributed by atoms with E-state index in [-0.39, 0.29) is 10.8 Å². The molecule has 0 N–H and O–H groups in total. The molecule has 17 heavy (non-hydrogen) atoms. The fraction of sp³-hybridized carbons (Fsp3) is 0.923. The first-order chi connectivity index (χ1) is 7.96. The molecule has 0 aromatic carbocycles. The summed E-state index contributed by atoms with van der Waals surface area (Å²) in [4.78, 5) is 17.0. The Hall–Kier alpha value is -0.220. The minimum Gasteiger partial charge on any atom is -0.331 e. The number of hydrogen-bond donors (Lipinski definition) is 1. The predicted octanol–water partition coefficient (Wildman–Crippen LogP) is 1.99. The zero-order valence-electron chi connectivity index (χ0n) is 11.1. The molecule has 2 fully saturated rings. The van der Waals surface area contributed by atoms with Gasteiger partial charge in [-0.25, -0.2) is 0 Å². The molecule has 2 aliphatic heterocycles. The topological polar surface area (TPSA) is 23.6 Å². The van der Waals surface area contributed by atoms with Crippen molar-refractivity contribution < 1.29 is 4.79 Å². The summed E-state index contributed by atoms with van der Waals surface area (Å²) in [5.74, 6) is 0.342. The molecular weight excluding hydrogens is 232 g/mol. The number of nitrogens with zero attached hydrogens (tertiary/aromatic N) is 2. The SMILES string of the molecule is CC(C)N1CCC2(CCCN(C(C)S)C2=O)C1. The number of piperidine rings is 1. The number of hydrogen-bond acceptors (Lipinski definition) is 3. The maximum absolute atomic E-state index is 12.6. The van der Waals surface area contributed by atoms with Crippen molar-refractivity contribution in [2.24, 2.45) is 5.41 Å². The van der Waals surface area contributed by atoms with Crippen LogP contribution in [0.25, 0.3) is 0 Å². The molecule has 0 aliphatic carbocycles. The summed E-state index contributed by atoms with van der Waals surface area (Å²) in [6, 6.07) is 0.547. The maximum atomic E-state index is 12.6. The number of rotatable bonds is 2. The summed E-state index contributed by atoms with van der Waals surface area (Å²) in [5, 5.41) is 0.0489. The highest BCUT2D eigenvalue weighted by atomic mass is 32.1. The molecule has 0 aromatic rings. The maximum Gasteiger partial charge on any atom is 0.231 e. The van der Waals surface area contributed by atoms with E-state index in [1.165, 1.54) is 0 Å². The lowest BCUT2D eigenvalue weighted by Crippen LogP contribution is -2.52. The van der Waals surface area contributed by atoms with E-state index in [2.05, 4.69) is 31.4 Å². The number of amides is 1. The molecule has 2 heterocycles. The van der Waals surface area contributed by atoms with Gasteiger partial charge in [0, 0.05) is 19.1 Å². The van der Waals surface area contributed by atoms with E-state index in [0.29, 0.717) is 11.9 Å². The van der Waals surface area contributed by atoms with Gasteiger partial charge >= 0.3 is 0 Å². The molecule has 1 spiro atoms. The molecule has 0 aromatic heterocycles. The summed E-state index contributed by atoms with van der Waals surface area (Å²) < 4.78 is 0. The Morgan fingerprint density at radius 1 is 1.24 bits per heavy atom. The molecule has 2 aliphatic rings. The first kappa shape index (κ1) is 13.2. The number of carbonyl (C=O) groups is 1. The van der Waals surface area contributed by atoms with Crippen molar-refractivity contribution in [3.63, 3.8) is 0 Å². The molecule has 2 saturated heterocycles. The lowest BCUT2D eigenvalue weighted by molar-refractivity contribution is -0.146. The van der Waals surface area contributed by atoms with Crippen molar-refractivity contribution >= 4 is 18.5 Å². The standard InChI is InChI=1S/C13H24N2OS/c1-10(2)14-8-6-13(9-14)5-4-7-15(11(3)17)12(13)16/h10-11,17H,4-9H2,1-3H3. The Morgan fingerprint density at radius 2 is 1.94 bits per heavy atom. The van der Waals surface area contributed by atoms with E-state index in [1.807, 2.05) is 11.8 Å². The van der Waals surface area contributed by atoms with Crippen LogP contribution in [-0.4, -0.2) is 46.8 Å². The second-order valence-electron chi connectivity index (χ2n) is 5.83. The first-order valence-corrected chi connectivity index (χ1v) is 7.21. The Morgan fingerprint density at radius 3 is 2.47 bits per heavy atom. The number of likely N-dealkylation sites (tertiary alicyclic amines) is 2. The van der Waals surface area contributed by atoms with E-state index < -0.39 is 0 Å². The first-order valence-electron chi connectivity index (χ1n) is 6.69. The Bertz CT molecular complexity index is 306. The molecule has 2 rings (SSSR count). The van der Waals surface area contributed by atoms with Crippen LogP contribution in [0.3, 0.4) is 0 Å². The van der Waals surface area contributed by atoms with Gasteiger partial charge in [-0.3, -0.25) is 9.69 Å². The fourth-order valence-electron chi connectivity index (χ4n) is 3.18. The van der Waals surface area contributed by atoms with Gasteiger partial charge in [0.15, 0.2) is 0 Å². The lowest BCUT2D eigenvalue weighted by Gasteiger charge is -2.41. The van der Waals surface area contributed by atoms with Crippen molar-refractivity contribution in [2.75, 3.05) is 19.6 Å². The van der Waals surface area contributed by atoms with Crippen molar-refractivity contribution in [1.82, 2.24) is 9.80 Å². The van der Waals surface area contributed by atoms with Gasteiger partial charge in [-0.2, -0.15) is 12.6 Å². The summed E-state index contributed by atoms with van der Waals surface area (Å²) >= 11 is 4.43. The minimum atomic E-state index is -0.0977. The number of carbonyl (C=O) groups excluding carboxylic acids is 1. The monoisotopic (exact) mass is 256 g/mol. The second-order valence-corrected chi connectivity index (χ2v) is 6.58. The molecule has 4 heteroatoms. The van der Waals surface area contributed by atoms with Crippen LogP contribution in [0.15, 0.2) is 0 Å². The van der Waals surface area contributed by atoms with Crippen LogP contribution in [0.5, 0.6) is 0 Å². The van der Waals surface area contributed by atoms with Crippen LogP contribution < -0.4 is 0 Å². The Labute approximate surface area is 110 Å². The van der Waals surface area contributed by atoms with Crippen LogP contribution in [0.1, 0.15) is 40.0 Å². The van der Waals surface area contributed by atoms with Gasteiger partial charge in [-0.15, -0.1) is 0 Å². The van der Waals surface area contributed by atoms with Crippen molar-refractivity contribution in [2.45, 2.75) is 51.4 Å². The number of thiol groups is 1. The van der Waals surface area contributed by atoms with Crippen molar-refractivity contribution in [3.8, 4) is 0 Å². The Balaban J connectivity index is 2.13. The largest absolute Gasteiger partial charge is 0.331 e. The minimum absolute atomic E-state index is 0.0489. The molecule has 0 saturated carbocycles. The van der Waals surface area contributed by atoms with E-state index in [0.717, 1.165) is 38.9 Å². The lowest BCUT2D eigenvalue weighted by atomic mass is 9.78. The average Bonchev–Trinajstić information content (AvgIpc) is 2.67. The molecule has 0 radical (unpaired) electrons. The van der Waals surface area contributed by atoms with Crippen LogP contribution in [0, 0.1) is 5.41 Å². The van der Waals surface area contributed by atoms with Crippen LogP contribution >= 0.6 is 12.6 Å². The molecular formula is C13H24N2OS. The third-order valence-electron chi connectivity index (χ3n) is 4.33. The highest BCUT2D eigenvalue weighted by Gasteiger charge is 2.49. The van der Waals surface area contributed by atoms with Gasteiger partial charge < -0.3 is 4.90 Å². The highest BCUT2D eigenvalue weighted by Crippen LogP contribution is 2.41. The summed E-state index contributed by atoms with van der Waals surface area (Å²) in [7, 11) is 0. The third-order valence-corrected chi connectivity index (χ3v) is 4.61. The van der Waals surface area contributed by atoms with Crippen LogP contribution in [0.4, 0.5) is 0 Å². The van der Waals surface area contributed by atoms with Gasteiger partial charge in [0.25, 0.3) is 0 Å². The van der Waals surface area contributed by atoms with Gasteiger partial charge in [-0.05, 0) is 46.6 Å². The zero-order valence-corrected chi connectivity index (χ0v) is 12.0. The fourth-order valence-corrected chi connectivity index (χ4v) is 3.40. The molecule has 98 valence electrons. The average molecular weight is 256 g/mol. The van der Waals surface area contributed by atoms with E-state index >= 15 is 0 Å². The summed E-state index contributed by atoms with van der Waals surface area (Å²) in [6.07, 6.45) is 3.22. The third kappa shape index (κ3) is 2.34. The predicted molar refractivity (Wildman–Crippen MR) is 73.2 cm³/mol. The molecule has 2 atom stereocenters. The van der Waals surface area contributed by atoms with Gasteiger partial charge in [-0.1, -0.05) is 0 Å². The van der Waals surface area contributed by atoms with E-state index in [9.17, 15) is 4.79 Å². The second kappa shape index (κ2) is 4.81. The van der Waals surface area contributed by atoms with E-state index in [1.54, 1.807) is 0 Å². The van der Waals surface area contributed by atoms with Crippen molar-refractivity contribution in [1.29, 1.82) is 0 Å². The summed E-state index contributed by atoms with van der Waals surface area (Å²) in [5.41, 5.74) is -0.0977. The molecule has 1 amide bonds. The van der Waals surface area contributed by atoms with Gasteiger partial charge in [0.2, 0.25) is 5.91 Å². The van der Waals surface area contributed by atoms with Crippen LogP contribution in [-0.2, 0) is 4.79 Å². The zero-order chi connectivity index (χ0) is 12.6. The van der Waals surface area contributed by atoms with Gasteiger partial charge in [0.1, 0.15) is 0 Å². The van der Waals surface area contributed by atoms with Crippen molar-refractivity contribution in [3.05, 3.63) is 0 Å². The normalized spacial score (nSPS) is 32.8. The highest BCUT2D eigenvalue weighted by molar-refractivity contribution is 7.80. The van der Waals surface area contributed by atoms with Gasteiger partial charge in [0.05, 0.1) is 10.8 Å².